The van der Waals surface area contributed by atoms with Gasteiger partial charge in [0.25, 0.3) is 0 Å². The lowest BCUT2D eigenvalue weighted by Gasteiger charge is -2.08. The van der Waals surface area contributed by atoms with Crippen LogP contribution in [0, 0.1) is 13.8 Å². The first-order chi connectivity index (χ1) is 12.1. The molecule has 0 N–H and O–H groups in total. The Kier molecular flexibility index (Phi) is 4.02. The minimum atomic E-state index is 1.01. The number of hydrogen-bond acceptors (Lipinski definition) is 2. The smallest absolute Gasteiger partial charge is 0.151 e. The largest absolute Gasteiger partial charge is 0.326 e. The Hall–Kier alpha value is -2.65. The molecule has 3 heteroatoms. The van der Waals surface area contributed by atoms with E-state index in [0.29, 0.717) is 0 Å². The first-order valence-corrected chi connectivity index (χ1v) is 9.26. The van der Waals surface area contributed by atoms with Crippen molar-refractivity contribution in [2.45, 2.75) is 13.8 Å². The summed E-state index contributed by atoms with van der Waals surface area (Å²) in [5.41, 5.74) is 7.07. The zero-order valence-corrected chi connectivity index (χ0v) is 15.5. The molecule has 0 aliphatic heterocycles. The van der Waals surface area contributed by atoms with Crippen molar-refractivity contribution < 1.29 is 0 Å². The number of nitrogens with zero attached hydrogens (tertiary/aromatic N) is 2. The molecule has 0 fully saturated rings. The molecule has 0 bridgehead atoms. The summed E-state index contributed by atoms with van der Waals surface area (Å²) in [6.45, 7) is 4.23. The molecule has 2 aromatic heterocycles. The maximum absolute atomic E-state index is 5.02. The number of rotatable bonds is 3. The number of aromatic nitrogens is 2. The van der Waals surface area contributed by atoms with E-state index in [1.165, 1.54) is 21.6 Å². The highest BCUT2D eigenvalue weighted by Crippen LogP contribution is 2.36. The minimum Gasteiger partial charge on any atom is -0.326 e. The summed E-state index contributed by atoms with van der Waals surface area (Å²) in [7, 11) is 2.11. The maximum atomic E-state index is 5.02. The zero-order valence-electron chi connectivity index (χ0n) is 14.7. The van der Waals surface area contributed by atoms with Gasteiger partial charge < -0.3 is 4.57 Å². The van der Waals surface area contributed by atoms with E-state index in [-0.39, 0.29) is 0 Å². The molecule has 0 radical (unpaired) electrons. The van der Waals surface area contributed by atoms with Gasteiger partial charge in [-0.15, -0.1) is 11.3 Å². The lowest BCUT2D eigenvalue weighted by atomic mass is 10.0. The van der Waals surface area contributed by atoms with E-state index in [0.717, 1.165) is 22.8 Å². The maximum Gasteiger partial charge on any atom is 0.151 e. The molecule has 4 rings (SSSR count). The lowest BCUT2D eigenvalue weighted by Crippen LogP contribution is -1.95. The van der Waals surface area contributed by atoms with E-state index in [1.807, 2.05) is 0 Å². The van der Waals surface area contributed by atoms with Crippen LogP contribution in [0.4, 0.5) is 0 Å². The van der Waals surface area contributed by atoms with Gasteiger partial charge in [0, 0.05) is 18.2 Å². The third-order valence-electron chi connectivity index (χ3n) is 4.49. The van der Waals surface area contributed by atoms with Crippen molar-refractivity contribution in [2.24, 2.45) is 7.05 Å². The quantitative estimate of drug-likeness (QED) is 0.439. The van der Waals surface area contributed by atoms with Gasteiger partial charge in [-0.25, -0.2) is 4.98 Å². The Morgan fingerprint density at radius 2 is 1.40 bits per heavy atom. The molecular formula is C22H20N2S. The fraction of sp³-hybridized carbons (Fsp3) is 0.136. The van der Waals surface area contributed by atoms with Crippen LogP contribution < -0.4 is 0 Å². The van der Waals surface area contributed by atoms with E-state index >= 15 is 0 Å². The number of benzene rings is 2. The van der Waals surface area contributed by atoms with E-state index in [4.69, 9.17) is 4.98 Å². The standard InChI is InChI=1S/C22H20N2S/c1-15-6-10-17(11-7-15)20-21(18-12-8-16(2)9-13-18)24(3)22(23-20)19-5-4-14-25-19/h4-14H,1-3H3. The second-order valence-corrected chi connectivity index (χ2v) is 7.35. The van der Waals surface area contributed by atoms with Gasteiger partial charge in [-0.2, -0.15) is 0 Å². The Morgan fingerprint density at radius 3 is 1.96 bits per heavy atom. The van der Waals surface area contributed by atoms with Crippen LogP contribution in [-0.4, -0.2) is 9.55 Å². The fourth-order valence-corrected chi connectivity index (χ4v) is 3.83. The number of aryl methyl sites for hydroxylation is 2. The van der Waals surface area contributed by atoms with Crippen molar-refractivity contribution in [2.75, 3.05) is 0 Å². The average Bonchev–Trinajstić information content (AvgIpc) is 3.24. The number of hydrogen-bond donors (Lipinski definition) is 0. The predicted octanol–water partition coefficient (Wildman–Crippen LogP) is 6.10. The fourth-order valence-electron chi connectivity index (χ4n) is 3.08. The second kappa shape index (κ2) is 6.34. The highest BCUT2D eigenvalue weighted by molar-refractivity contribution is 7.13. The van der Waals surface area contributed by atoms with Crippen molar-refractivity contribution in [1.29, 1.82) is 0 Å². The van der Waals surface area contributed by atoms with Crippen LogP contribution in [0.15, 0.2) is 66.0 Å². The highest BCUT2D eigenvalue weighted by atomic mass is 32.1. The summed E-state index contributed by atoms with van der Waals surface area (Å²) in [6.07, 6.45) is 0. The Labute approximate surface area is 152 Å². The minimum absolute atomic E-state index is 1.01. The molecule has 2 nitrogen and oxygen atoms in total. The molecule has 0 unspecified atom stereocenters. The summed E-state index contributed by atoms with van der Waals surface area (Å²) in [5, 5.41) is 2.10. The molecule has 0 saturated carbocycles. The number of thiophene rings is 1. The van der Waals surface area contributed by atoms with Gasteiger partial charge in [-0.1, -0.05) is 65.7 Å². The molecule has 0 atom stereocenters. The second-order valence-electron chi connectivity index (χ2n) is 6.40. The van der Waals surface area contributed by atoms with E-state index in [9.17, 15) is 0 Å². The molecular weight excluding hydrogens is 324 g/mol. The Bertz CT molecular complexity index is 992. The van der Waals surface area contributed by atoms with Gasteiger partial charge in [0.15, 0.2) is 5.82 Å². The van der Waals surface area contributed by atoms with Crippen LogP contribution in [0.3, 0.4) is 0 Å². The first kappa shape index (κ1) is 15.9. The van der Waals surface area contributed by atoms with Gasteiger partial charge in [0.2, 0.25) is 0 Å². The Balaban J connectivity index is 1.96. The molecule has 2 aromatic carbocycles. The molecule has 25 heavy (non-hydrogen) atoms. The number of imidazole rings is 1. The Morgan fingerprint density at radius 1 is 0.800 bits per heavy atom. The van der Waals surface area contributed by atoms with Crippen molar-refractivity contribution >= 4 is 11.3 Å². The van der Waals surface area contributed by atoms with Crippen LogP contribution in [0.1, 0.15) is 11.1 Å². The molecule has 0 aliphatic rings. The molecule has 2 heterocycles. The predicted molar refractivity (Wildman–Crippen MR) is 107 cm³/mol. The topological polar surface area (TPSA) is 17.8 Å². The molecule has 4 aromatic rings. The van der Waals surface area contributed by atoms with E-state index in [2.05, 4.69) is 91.5 Å². The molecule has 0 saturated heterocycles. The van der Waals surface area contributed by atoms with Crippen molar-refractivity contribution in [3.63, 3.8) is 0 Å². The van der Waals surface area contributed by atoms with Gasteiger partial charge in [-0.3, -0.25) is 0 Å². The SMILES string of the molecule is Cc1ccc(-c2nc(-c3cccs3)n(C)c2-c2ccc(C)cc2)cc1. The molecule has 0 aliphatic carbocycles. The van der Waals surface area contributed by atoms with Crippen molar-refractivity contribution in [1.82, 2.24) is 9.55 Å². The van der Waals surface area contributed by atoms with Crippen molar-refractivity contribution in [3.05, 3.63) is 77.2 Å². The zero-order chi connectivity index (χ0) is 17.4. The van der Waals surface area contributed by atoms with Gasteiger partial charge in [-0.05, 0) is 25.3 Å². The van der Waals surface area contributed by atoms with Crippen molar-refractivity contribution in [3.8, 4) is 33.2 Å². The monoisotopic (exact) mass is 344 g/mol. The molecule has 124 valence electrons. The van der Waals surface area contributed by atoms with Crippen LogP contribution >= 0.6 is 11.3 Å². The molecule has 0 amide bonds. The molecule has 0 spiro atoms. The summed E-state index contributed by atoms with van der Waals surface area (Å²) in [5.74, 6) is 1.01. The van der Waals surface area contributed by atoms with E-state index < -0.39 is 0 Å². The summed E-state index contributed by atoms with van der Waals surface area (Å²) < 4.78 is 2.21. The van der Waals surface area contributed by atoms with Gasteiger partial charge >= 0.3 is 0 Å². The lowest BCUT2D eigenvalue weighted by molar-refractivity contribution is 0.936. The third kappa shape index (κ3) is 2.92. The van der Waals surface area contributed by atoms with Gasteiger partial charge in [0.05, 0.1) is 16.3 Å². The summed E-state index contributed by atoms with van der Waals surface area (Å²) in [6, 6.07) is 21.5. The van der Waals surface area contributed by atoms with Crippen LogP contribution in [0.2, 0.25) is 0 Å². The van der Waals surface area contributed by atoms with Gasteiger partial charge in [0.1, 0.15) is 0 Å². The first-order valence-electron chi connectivity index (χ1n) is 8.38. The average molecular weight is 344 g/mol. The van der Waals surface area contributed by atoms with Crippen LogP contribution in [-0.2, 0) is 7.05 Å². The summed E-state index contributed by atoms with van der Waals surface area (Å²) >= 11 is 1.72. The third-order valence-corrected chi connectivity index (χ3v) is 5.35. The van der Waals surface area contributed by atoms with E-state index in [1.54, 1.807) is 11.3 Å². The van der Waals surface area contributed by atoms with Crippen LogP contribution in [0.5, 0.6) is 0 Å². The normalized spacial score (nSPS) is 11.0. The summed E-state index contributed by atoms with van der Waals surface area (Å²) in [4.78, 5) is 6.21. The highest BCUT2D eigenvalue weighted by Gasteiger charge is 2.19. The van der Waals surface area contributed by atoms with Crippen LogP contribution in [0.25, 0.3) is 33.2 Å².